The van der Waals surface area contributed by atoms with Crippen molar-refractivity contribution in [3.05, 3.63) is 60.4 Å². The molecule has 6 nitrogen and oxygen atoms in total. The van der Waals surface area contributed by atoms with E-state index >= 15 is 0 Å². The maximum absolute atomic E-state index is 4.23. The Morgan fingerprint density at radius 3 is 2.95 bits per heavy atom. The molecule has 0 saturated heterocycles. The fourth-order valence-electron chi connectivity index (χ4n) is 1.80. The molecular weight excluding hydrogens is 252 g/mol. The van der Waals surface area contributed by atoms with Crippen LogP contribution in [0.4, 0.5) is 5.82 Å². The zero-order valence-electron chi connectivity index (χ0n) is 11.1. The first-order valence-electron chi connectivity index (χ1n) is 6.28. The van der Waals surface area contributed by atoms with E-state index in [-0.39, 0.29) is 0 Å². The molecule has 0 spiro atoms. The molecule has 3 aromatic heterocycles. The van der Waals surface area contributed by atoms with Gasteiger partial charge in [0.1, 0.15) is 12.1 Å². The number of rotatable bonds is 4. The minimum absolute atomic E-state index is 0.669. The molecule has 0 radical (unpaired) electrons. The van der Waals surface area contributed by atoms with Gasteiger partial charge in [-0.2, -0.15) is 5.10 Å². The van der Waals surface area contributed by atoms with Crippen LogP contribution >= 0.6 is 0 Å². The van der Waals surface area contributed by atoms with Gasteiger partial charge in [-0.1, -0.05) is 6.07 Å². The molecule has 3 aromatic rings. The van der Waals surface area contributed by atoms with E-state index in [4.69, 9.17) is 0 Å². The first-order valence-corrected chi connectivity index (χ1v) is 6.28. The van der Waals surface area contributed by atoms with E-state index in [1.54, 1.807) is 17.1 Å². The molecule has 20 heavy (non-hydrogen) atoms. The molecule has 100 valence electrons. The Hall–Kier alpha value is -2.76. The van der Waals surface area contributed by atoms with Crippen LogP contribution in [0, 0.1) is 6.92 Å². The van der Waals surface area contributed by atoms with Gasteiger partial charge in [0.25, 0.3) is 0 Å². The summed E-state index contributed by atoms with van der Waals surface area (Å²) in [7, 11) is 0. The predicted octanol–water partition coefficient (Wildman–Crippen LogP) is 1.98. The summed E-state index contributed by atoms with van der Waals surface area (Å²) >= 11 is 0. The van der Waals surface area contributed by atoms with Crippen LogP contribution in [0.2, 0.25) is 0 Å². The molecule has 0 bridgehead atoms. The second kappa shape index (κ2) is 5.48. The molecule has 0 aromatic carbocycles. The van der Waals surface area contributed by atoms with E-state index in [9.17, 15) is 0 Å². The van der Waals surface area contributed by atoms with Gasteiger partial charge in [-0.05, 0) is 24.1 Å². The lowest BCUT2D eigenvalue weighted by Crippen LogP contribution is -2.04. The number of hydrogen-bond donors (Lipinski definition) is 1. The fraction of sp³-hybridized carbons (Fsp3) is 0.143. The fourth-order valence-corrected chi connectivity index (χ4v) is 1.80. The van der Waals surface area contributed by atoms with Gasteiger partial charge in [0.15, 0.2) is 5.82 Å². The Morgan fingerprint density at radius 1 is 1.25 bits per heavy atom. The van der Waals surface area contributed by atoms with Crippen LogP contribution in [0.15, 0.2) is 49.3 Å². The Kier molecular flexibility index (Phi) is 3.36. The van der Waals surface area contributed by atoms with Crippen molar-refractivity contribution in [2.24, 2.45) is 0 Å². The van der Waals surface area contributed by atoms with Crippen molar-refractivity contribution in [3.8, 4) is 5.82 Å². The monoisotopic (exact) mass is 266 g/mol. The lowest BCUT2D eigenvalue weighted by molar-refractivity contribution is 0.838. The standard InChI is InChI=1S/C14H14N6/c1-11-6-19-20(9-11)14-5-13(17-10-18-14)16-8-12-3-2-4-15-7-12/h2-7,9-10H,8H2,1H3,(H,16,17,18). The number of pyridine rings is 1. The summed E-state index contributed by atoms with van der Waals surface area (Å²) in [6.07, 6.45) is 8.83. The highest BCUT2D eigenvalue weighted by molar-refractivity contribution is 5.40. The predicted molar refractivity (Wildman–Crippen MR) is 75.5 cm³/mol. The third-order valence-electron chi connectivity index (χ3n) is 2.80. The van der Waals surface area contributed by atoms with Crippen LogP contribution in [0.3, 0.4) is 0 Å². The molecule has 0 saturated carbocycles. The number of hydrogen-bond acceptors (Lipinski definition) is 5. The summed E-state index contributed by atoms with van der Waals surface area (Å²) < 4.78 is 1.73. The smallest absolute Gasteiger partial charge is 0.158 e. The molecule has 0 fully saturated rings. The number of nitrogens with zero attached hydrogens (tertiary/aromatic N) is 5. The van der Waals surface area contributed by atoms with Crippen molar-refractivity contribution in [2.75, 3.05) is 5.32 Å². The summed E-state index contributed by atoms with van der Waals surface area (Å²) in [4.78, 5) is 12.5. The number of nitrogens with one attached hydrogen (secondary N) is 1. The average Bonchev–Trinajstić information content (AvgIpc) is 2.93. The molecule has 3 heterocycles. The maximum Gasteiger partial charge on any atom is 0.158 e. The summed E-state index contributed by atoms with van der Waals surface area (Å²) in [5.41, 5.74) is 2.19. The molecular formula is C14H14N6. The van der Waals surface area contributed by atoms with Gasteiger partial charge in [0.2, 0.25) is 0 Å². The van der Waals surface area contributed by atoms with E-state index in [2.05, 4.69) is 25.4 Å². The second-order valence-corrected chi connectivity index (χ2v) is 4.44. The van der Waals surface area contributed by atoms with E-state index in [1.165, 1.54) is 6.33 Å². The topological polar surface area (TPSA) is 68.5 Å². The van der Waals surface area contributed by atoms with Crippen LogP contribution in [0.1, 0.15) is 11.1 Å². The minimum Gasteiger partial charge on any atom is -0.366 e. The normalized spacial score (nSPS) is 10.4. The zero-order valence-corrected chi connectivity index (χ0v) is 11.1. The quantitative estimate of drug-likeness (QED) is 0.782. The van der Waals surface area contributed by atoms with Gasteiger partial charge in [0.05, 0.1) is 6.20 Å². The average molecular weight is 266 g/mol. The van der Waals surface area contributed by atoms with Crippen LogP contribution in [0.25, 0.3) is 5.82 Å². The van der Waals surface area contributed by atoms with E-state index in [0.717, 1.165) is 22.8 Å². The van der Waals surface area contributed by atoms with Crippen LogP contribution < -0.4 is 5.32 Å². The lowest BCUT2D eigenvalue weighted by atomic mass is 10.3. The Balaban J connectivity index is 1.75. The van der Waals surface area contributed by atoms with Crippen molar-refractivity contribution < 1.29 is 0 Å². The highest BCUT2D eigenvalue weighted by Gasteiger charge is 2.02. The van der Waals surface area contributed by atoms with Gasteiger partial charge in [0, 0.05) is 31.2 Å². The summed E-state index contributed by atoms with van der Waals surface area (Å²) in [6.45, 7) is 2.66. The van der Waals surface area contributed by atoms with E-state index < -0.39 is 0 Å². The summed E-state index contributed by atoms with van der Waals surface area (Å²) in [5.74, 6) is 1.49. The second-order valence-electron chi connectivity index (χ2n) is 4.44. The van der Waals surface area contributed by atoms with Gasteiger partial charge in [-0.3, -0.25) is 4.98 Å². The van der Waals surface area contributed by atoms with E-state index in [1.807, 2.05) is 37.5 Å². The van der Waals surface area contributed by atoms with Gasteiger partial charge in [-0.15, -0.1) is 0 Å². The summed E-state index contributed by atoms with van der Waals surface area (Å²) in [6, 6.07) is 5.79. The Bertz CT molecular complexity index is 692. The molecule has 0 aliphatic rings. The van der Waals surface area contributed by atoms with E-state index in [0.29, 0.717) is 6.54 Å². The SMILES string of the molecule is Cc1cnn(-c2cc(NCc3cccnc3)ncn2)c1. The van der Waals surface area contributed by atoms with Crippen molar-refractivity contribution in [1.29, 1.82) is 0 Å². The number of aryl methyl sites for hydroxylation is 1. The molecule has 3 rings (SSSR count). The van der Waals surface area contributed by atoms with Crippen LogP contribution in [-0.2, 0) is 6.54 Å². The van der Waals surface area contributed by atoms with Crippen molar-refractivity contribution in [3.63, 3.8) is 0 Å². The molecule has 1 N–H and O–H groups in total. The van der Waals surface area contributed by atoms with Crippen molar-refractivity contribution in [1.82, 2.24) is 24.7 Å². The zero-order chi connectivity index (χ0) is 13.8. The number of aromatic nitrogens is 5. The van der Waals surface area contributed by atoms with Gasteiger partial charge < -0.3 is 5.32 Å². The molecule has 0 aliphatic carbocycles. The Labute approximate surface area is 116 Å². The molecule has 0 amide bonds. The van der Waals surface area contributed by atoms with Gasteiger partial charge >= 0.3 is 0 Å². The summed E-state index contributed by atoms with van der Waals surface area (Å²) in [5, 5.41) is 7.48. The molecule has 6 heteroatoms. The Morgan fingerprint density at radius 2 is 2.20 bits per heavy atom. The molecule has 0 aliphatic heterocycles. The van der Waals surface area contributed by atoms with Crippen molar-refractivity contribution >= 4 is 5.82 Å². The largest absolute Gasteiger partial charge is 0.366 e. The van der Waals surface area contributed by atoms with Gasteiger partial charge in [-0.25, -0.2) is 14.6 Å². The highest BCUT2D eigenvalue weighted by Crippen LogP contribution is 2.10. The molecule has 0 unspecified atom stereocenters. The van der Waals surface area contributed by atoms with Crippen molar-refractivity contribution in [2.45, 2.75) is 13.5 Å². The van der Waals surface area contributed by atoms with Crippen LogP contribution in [0.5, 0.6) is 0 Å². The minimum atomic E-state index is 0.669. The lowest BCUT2D eigenvalue weighted by Gasteiger charge is -2.06. The number of anilines is 1. The van der Waals surface area contributed by atoms with Crippen LogP contribution in [-0.4, -0.2) is 24.7 Å². The third-order valence-corrected chi connectivity index (χ3v) is 2.80. The molecule has 0 atom stereocenters. The third kappa shape index (κ3) is 2.80. The maximum atomic E-state index is 4.23. The highest BCUT2D eigenvalue weighted by atomic mass is 15.3. The first-order chi connectivity index (χ1) is 9.81. The first kappa shape index (κ1) is 12.3.